The van der Waals surface area contributed by atoms with Crippen molar-refractivity contribution in [2.24, 2.45) is 5.92 Å². The van der Waals surface area contributed by atoms with Crippen LogP contribution in [0, 0.1) is 5.92 Å². The van der Waals surface area contributed by atoms with E-state index in [-0.39, 0.29) is 18.0 Å². The first-order valence-electron chi connectivity index (χ1n) is 10.4. The predicted octanol–water partition coefficient (Wildman–Crippen LogP) is 2.41. The first-order valence-corrected chi connectivity index (χ1v) is 10.4. The SMILES string of the molecule is CN(C)CCc1ccc(C(=O)N2CC3CCC(C2)N3C(=O)CC2CC2)cc1. The summed E-state index contributed by atoms with van der Waals surface area (Å²) in [6.45, 7) is 2.38. The third-order valence-corrected chi connectivity index (χ3v) is 6.27. The van der Waals surface area contributed by atoms with Gasteiger partial charge in [-0.25, -0.2) is 0 Å². The number of hydrogen-bond acceptors (Lipinski definition) is 3. The fourth-order valence-corrected chi connectivity index (χ4v) is 4.50. The van der Waals surface area contributed by atoms with Crippen LogP contribution < -0.4 is 0 Å². The summed E-state index contributed by atoms with van der Waals surface area (Å²) in [5.41, 5.74) is 2.02. The minimum Gasteiger partial charge on any atom is -0.335 e. The standard InChI is InChI=1S/C22H31N3O2/c1-23(2)12-11-16-5-7-18(8-6-16)22(27)24-14-19-9-10-20(15-24)25(19)21(26)13-17-3-4-17/h5-8,17,19-20H,3-4,9-15H2,1-2H3. The van der Waals surface area contributed by atoms with Crippen LogP contribution in [0.2, 0.25) is 0 Å². The highest BCUT2D eigenvalue weighted by atomic mass is 16.2. The summed E-state index contributed by atoms with van der Waals surface area (Å²) >= 11 is 0. The summed E-state index contributed by atoms with van der Waals surface area (Å²) in [6, 6.07) is 8.50. The van der Waals surface area contributed by atoms with E-state index in [1.54, 1.807) is 0 Å². The van der Waals surface area contributed by atoms with Crippen LogP contribution in [0.1, 0.15) is 48.0 Å². The molecule has 0 aromatic heterocycles. The maximum absolute atomic E-state index is 13.0. The Balaban J connectivity index is 1.37. The Morgan fingerprint density at radius 1 is 1.00 bits per heavy atom. The highest BCUT2D eigenvalue weighted by Crippen LogP contribution is 2.37. The number of nitrogens with zero attached hydrogens (tertiary/aromatic N) is 3. The van der Waals surface area contributed by atoms with Gasteiger partial charge in [-0.1, -0.05) is 12.1 Å². The normalized spacial score (nSPS) is 24.6. The number of likely N-dealkylation sites (N-methyl/N-ethyl adjacent to an activating group) is 1. The van der Waals surface area contributed by atoms with Crippen LogP contribution in [0.3, 0.4) is 0 Å². The van der Waals surface area contributed by atoms with Crippen molar-refractivity contribution in [3.05, 3.63) is 35.4 Å². The summed E-state index contributed by atoms with van der Waals surface area (Å²) in [6.07, 6.45) is 6.21. The van der Waals surface area contributed by atoms with E-state index in [2.05, 4.69) is 36.0 Å². The fourth-order valence-electron chi connectivity index (χ4n) is 4.50. The first-order chi connectivity index (χ1) is 13.0. The molecule has 0 N–H and O–H groups in total. The van der Waals surface area contributed by atoms with Gasteiger partial charge in [-0.3, -0.25) is 9.59 Å². The number of benzene rings is 1. The van der Waals surface area contributed by atoms with E-state index in [1.807, 2.05) is 17.0 Å². The van der Waals surface area contributed by atoms with Crippen molar-refractivity contribution in [3.63, 3.8) is 0 Å². The van der Waals surface area contributed by atoms with Crippen LogP contribution in [-0.2, 0) is 11.2 Å². The molecule has 2 amide bonds. The van der Waals surface area contributed by atoms with Crippen molar-refractivity contribution < 1.29 is 9.59 Å². The summed E-state index contributed by atoms with van der Waals surface area (Å²) in [7, 11) is 4.14. The third kappa shape index (κ3) is 4.18. The lowest BCUT2D eigenvalue weighted by molar-refractivity contribution is -0.136. The molecule has 1 aromatic carbocycles. The number of fused-ring (bicyclic) bond motifs is 2. The van der Waals surface area contributed by atoms with Crippen LogP contribution in [-0.4, -0.2) is 72.3 Å². The lowest BCUT2D eigenvalue weighted by Gasteiger charge is -2.41. The van der Waals surface area contributed by atoms with Crippen LogP contribution in [0.4, 0.5) is 0 Å². The number of amides is 2. The average molecular weight is 370 g/mol. The molecule has 3 fully saturated rings. The molecular formula is C22H31N3O2. The van der Waals surface area contributed by atoms with Gasteiger partial charge in [-0.05, 0) is 69.8 Å². The summed E-state index contributed by atoms with van der Waals surface area (Å²) in [4.78, 5) is 31.8. The second kappa shape index (κ2) is 7.63. The highest BCUT2D eigenvalue weighted by molar-refractivity contribution is 5.94. The van der Waals surface area contributed by atoms with Crippen molar-refractivity contribution in [1.29, 1.82) is 0 Å². The molecule has 27 heavy (non-hydrogen) atoms. The molecule has 1 aliphatic carbocycles. The summed E-state index contributed by atoms with van der Waals surface area (Å²) in [5.74, 6) is 1.06. The number of hydrogen-bond donors (Lipinski definition) is 0. The summed E-state index contributed by atoms with van der Waals surface area (Å²) in [5, 5.41) is 0. The van der Waals surface area contributed by atoms with Gasteiger partial charge >= 0.3 is 0 Å². The van der Waals surface area contributed by atoms with Crippen LogP contribution in [0.5, 0.6) is 0 Å². The Kier molecular flexibility index (Phi) is 5.22. The molecule has 2 atom stereocenters. The minimum absolute atomic E-state index is 0.111. The fraction of sp³-hybridized carbons (Fsp3) is 0.636. The number of likely N-dealkylation sites (tertiary alicyclic amines) is 1. The minimum atomic E-state index is 0.111. The van der Waals surface area contributed by atoms with E-state index in [4.69, 9.17) is 0 Å². The van der Waals surface area contributed by atoms with E-state index < -0.39 is 0 Å². The van der Waals surface area contributed by atoms with Gasteiger partial charge in [0.15, 0.2) is 0 Å². The molecule has 0 radical (unpaired) electrons. The molecule has 5 heteroatoms. The van der Waals surface area contributed by atoms with Crippen LogP contribution in [0.25, 0.3) is 0 Å². The molecule has 146 valence electrons. The second-order valence-corrected chi connectivity index (χ2v) is 8.79. The van der Waals surface area contributed by atoms with E-state index in [0.717, 1.165) is 37.8 Å². The lowest BCUT2D eigenvalue weighted by Crippen LogP contribution is -2.57. The zero-order chi connectivity index (χ0) is 19.0. The van der Waals surface area contributed by atoms with Crippen molar-refractivity contribution >= 4 is 11.8 Å². The Hall–Kier alpha value is -1.88. The summed E-state index contributed by atoms with van der Waals surface area (Å²) < 4.78 is 0. The molecule has 2 heterocycles. The quantitative estimate of drug-likeness (QED) is 0.773. The van der Waals surface area contributed by atoms with Gasteiger partial charge in [-0.15, -0.1) is 0 Å². The van der Waals surface area contributed by atoms with Gasteiger partial charge in [-0.2, -0.15) is 0 Å². The van der Waals surface area contributed by atoms with Crippen LogP contribution >= 0.6 is 0 Å². The highest BCUT2D eigenvalue weighted by Gasteiger charge is 2.44. The number of carbonyl (C=O) groups excluding carboxylic acids is 2. The Bertz CT molecular complexity index is 682. The van der Waals surface area contributed by atoms with Gasteiger partial charge in [0, 0.05) is 43.7 Å². The van der Waals surface area contributed by atoms with Gasteiger partial charge in [0.05, 0.1) is 0 Å². The maximum atomic E-state index is 13.0. The van der Waals surface area contributed by atoms with Gasteiger partial charge in [0.1, 0.15) is 0 Å². The maximum Gasteiger partial charge on any atom is 0.253 e. The molecular weight excluding hydrogens is 338 g/mol. The molecule has 1 aromatic rings. The monoisotopic (exact) mass is 369 g/mol. The number of carbonyl (C=O) groups is 2. The van der Waals surface area contributed by atoms with E-state index in [9.17, 15) is 9.59 Å². The van der Waals surface area contributed by atoms with E-state index in [1.165, 1.54) is 18.4 Å². The average Bonchev–Trinajstić information content (AvgIpc) is 3.43. The molecule has 5 nitrogen and oxygen atoms in total. The van der Waals surface area contributed by atoms with Crippen molar-refractivity contribution in [2.45, 2.75) is 50.6 Å². The molecule has 2 bridgehead atoms. The topological polar surface area (TPSA) is 43.9 Å². The third-order valence-electron chi connectivity index (χ3n) is 6.27. The molecule has 4 rings (SSSR count). The lowest BCUT2D eigenvalue weighted by atomic mass is 10.1. The molecule has 0 spiro atoms. The molecule has 1 saturated carbocycles. The number of rotatable bonds is 6. The largest absolute Gasteiger partial charge is 0.335 e. The second-order valence-electron chi connectivity index (χ2n) is 8.79. The van der Waals surface area contributed by atoms with Gasteiger partial charge < -0.3 is 14.7 Å². The Morgan fingerprint density at radius 3 is 2.19 bits per heavy atom. The van der Waals surface area contributed by atoms with Crippen molar-refractivity contribution in [2.75, 3.05) is 33.7 Å². The number of piperazine rings is 1. The predicted molar refractivity (Wildman–Crippen MR) is 106 cm³/mol. The molecule has 2 aliphatic heterocycles. The zero-order valence-corrected chi connectivity index (χ0v) is 16.6. The van der Waals surface area contributed by atoms with E-state index in [0.29, 0.717) is 24.9 Å². The van der Waals surface area contributed by atoms with Gasteiger partial charge in [0.25, 0.3) is 5.91 Å². The molecule has 2 saturated heterocycles. The zero-order valence-electron chi connectivity index (χ0n) is 16.6. The Labute approximate surface area is 162 Å². The Morgan fingerprint density at radius 2 is 1.63 bits per heavy atom. The van der Waals surface area contributed by atoms with Crippen LogP contribution in [0.15, 0.2) is 24.3 Å². The smallest absolute Gasteiger partial charge is 0.253 e. The van der Waals surface area contributed by atoms with Gasteiger partial charge in [0.2, 0.25) is 5.91 Å². The van der Waals surface area contributed by atoms with E-state index >= 15 is 0 Å². The molecule has 3 aliphatic rings. The van der Waals surface area contributed by atoms with Crippen molar-refractivity contribution in [1.82, 2.24) is 14.7 Å². The first kappa shape index (κ1) is 18.5. The molecule has 2 unspecified atom stereocenters. The van der Waals surface area contributed by atoms with Crippen molar-refractivity contribution in [3.8, 4) is 0 Å².